The Hall–Kier alpha value is -5.23. The molecule has 0 spiro atoms. The fraction of sp³-hybridized carbons (Fsp3) is 0.0625. The summed E-state index contributed by atoms with van der Waals surface area (Å²) < 4.78 is 19.9. The molecule has 0 amide bonds. The van der Waals surface area contributed by atoms with Crippen LogP contribution >= 0.6 is 0 Å². The van der Waals surface area contributed by atoms with Crippen LogP contribution in [0.5, 0.6) is 34.5 Å². The van der Waals surface area contributed by atoms with Crippen LogP contribution < -0.4 is 10.9 Å². The zero-order valence-corrected chi connectivity index (χ0v) is 25.3. The van der Waals surface area contributed by atoms with Crippen molar-refractivity contribution in [2.24, 2.45) is 0 Å². The van der Waals surface area contributed by atoms with Gasteiger partial charge in [-0.3, -0.25) is 13.8 Å². The standard InChI is InChI=1S/C30H18O10.C2H6OS.Cu/c31-15-4-1-13(2-5-15)24-12-23(38)29-21(36)10-20(35)27(30(29)40-24)17-7-14(3-6-18(17)33)25-11-22(37)28-19(34)8-16(32)9-26(28)39-25;1-4(2)3;/h1-12,31-36H;1-2H3;/p+3. The van der Waals surface area contributed by atoms with Crippen molar-refractivity contribution >= 4 is 32.7 Å². The molecule has 0 saturated carbocycles. The summed E-state index contributed by atoms with van der Waals surface area (Å²) in [6.07, 6.45) is 3.50. The number of fused-ring (bicyclic) bond motifs is 2. The van der Waals surface area contributed by atoms with Gasteiger partial charge in [0, 0.05) is 52.0 Å². The van der Waals surface area contributed by atoms with E-state index in [1.165, 1.54) is 42.5 Å². The molecule has 13 heteroatoms. The molecule has 0 unspecified atom stereocenters. The molecule has 0 aliphatic heterocycles. The van der Waals surface area contributed by atoms with Crippen LogP contribution in [-0.2, 0) is 27.9 Å². The Morgan fingerprint density at radius 3 is 2.00 bits per heavy atom. The van der Waals surface area contributed by atoms with E-state index in [9.17, 15) is 35.1 Å². The van der Waals surface area contributed by atoms with E-state index in [2.05, 4.69) is 0 Å². The average molecular weight is 683 g/mol. The molecule has 6 aromatic rings. The minimum atomic E-state index is -0.575. The van der Waals surface area contributed by atoms with Gasteiger partial charge < -0.3 is 39.5 Å². The van der Waals surface area contributed by atoms with Gasteiger partial charge in [0.05, 0.1) is 30.2 Å². The summed E-state index contributed by atoms with van der Waals surface area (Å²) in [7, 11) is -0.361. The first kappa shape index (κ1) is 32.7. The van der Waals surface area contributed by atoms with Crippen molar-refractivity contribution in [2.45, 2.75) is 0 Å². The molecule has 235 valence electrons. The number of phenolic OH excluding ortho intramolecular Hbond substituents is 5. The van der Waals surface area contributed by atoms with Gasteiger partial charge >= 0.3 is 5.43 Å². The molecular weight excluding hydrogens is 656 g/mol. The Labute approximate surface area is 266 Å². The monoisotopic (exact) mass is 682 g/mol. The molecule has 6 rings (SSSR count). The van der Waals surface area contributed by atoms with Crippen molar-refractivity contribution in [3.8, 4) is 68.3 Å². The number of aromatic hydroxyl groups is 5. The molecule has 0 saturated heterocycles. The van der Waals surface area contributed by atoms with E-state index >= 15 is 0 Å². The second-order valence-electron chi connectivity index (χ2n) is 9.88. The summed E-state index contributed by atoms with van der Waals surface area (Å²) in [6.45, 7) is 0. The summed E-state index contributed by atoms with van der Waals surface area (Å²) in [5.41, 5.74) is -0.295. The maximum atomic E-state index is 12.8. The minimum absolute atomic E-state index is 0. The third kappa shape index (κ3) is 6.50. The van der Waals surface area contributed by atoms with Crippen LogP contribution in [-0.4, -0.2) is 52.2 Å². The van der Waals surface area contributed by atoms with Crippen LogP contribution in [0.1, 0.15) is 0 Å². The van der Waals surface area contributed by atoms with Gasteiger partial charge in [-0.15, -0.1) is 0 Å². The first-order valence-corrected chi connectivity index (χ1v) is 14.8. The van der Waals surface area contributed by atoms with E-state index in [-0.39, 0.29) is 106 Å². The first-order chi connectivity index (χ1) is 20.8. The van der Waals surface area contributed by atoms with E-state index in [0.717, 1.165) is 18.2 Å². The van der Waals surface area contributed by atoms with Crippen molar-refractivity contribution in [3.63, 3.8) is 0 Å². The molecule has 4 aromatic carbocycles. The van der Waals surface area contributed by atoms with Crippen molar-refractivity contribution in [2.75, 3.05) is 12.5 Å². The molecule has 2 aromatic heterocycles. The molecule has 11 nitrogen and oxygen atoms in total. The maximum absolute atomic E-state index is 12.8. The van der Waals surface area contributed by atoms with Crippen LogP contribution in [0.2, 0.25) is 0 Å². The summed E-state index contributed by atoms with van der Waals surface area (Å²) >= 11 is 0. The van der Waals surface area contributed by atoms with Gasteiger partial charge in [0.1, 0.15) is 51.2 Å². The van der Waals surface area contributed by atoms with Gasteiger partial charge in [0.15, 0.2) is 21.8 Å². The second kappa shape index (κ2) is 12.8. The van der Waals surface area contributed by atoms with E-state index in [1.807, 2.05) is 0 Å². The fourth-order valence-electron chi connectivity index (χ4n) is 4.65. The van der Waals surface area contributed by atoms with Crippen LogP contribution in [0.3, 0.4) is 0 Å². The maximum Gasteiger partial charge on any atom is 0.364 e. The Kier molecular flexibility index (Phi) is 9.28. The van der Waals surface area contributed by atoms with Crippen LogP contribution in [0.15, 0.2) is 86.4 Å². The number of hydrogen-bond donors (Lipinski definition) is 5. The Morgan fingerprint density at radius 2 is 1.33 bits per heavy atom. The molecule has 0 aliphatic rings. The Balaban J connectivity index is 0.000000871. The van der Waals surface area contributed by atoms with E-state index < -0.39 is 16.9 Å². The molecule has 0 aliphatic carbocycles. The zero-order chi connectivity index (χ0) is 31.9. The topological polar surface area (TPSA) is 210 Å². The van der Waals surface area contributed by atoms with E-state index in [4.69, 9.17) is 18.1 Å². The summed E-state index contributed by atoms with van der Waals surface area (Å²) in [6, 6.07) is 15.9. The molecule has 2 heterocycles. The van der Waals surface area contributed by atoms with Crippen molar-refractivity contribution in [3.05, 3.63) is 88.4 Å². The SMILES string of the molecule is CS(C)=[OH+].O=c1cc(-c2ccc(O)c(-c3c(O)cc([OH2+])c4c(=[OH+])cc(-c5ccc(O)cc5)oc34)c2)oc2cc(O)cc(O)c12.[Cu]. The molecule has 1 radical (unpaired) electrons. The van der Waals surface area contributed by atoms with Gasteiger partial charge in [0.25, 0.3) is 5.75 Å². The van der Waals surface area contributed by atoms with Crippen LogP contribution in [0.25, 0.3) is 55.7 Å². The van der Waals surface area contributed by atoms with Crippen molar-refractivity contribution in [1.82, 2.24) is 0 Å². The second-order valence-corrected chi connectivity index (χ2v) is 11.4. The molecular formula is C32H27CuO11S+3. The number of rotatable bonds is 3. The first-order valence-electron chi connectivity index (χ1n) is 12.8. The van der Waals surface area contributed by atoms with Crippen LogP contribution in [0, 0.1) is 0 Å². The van der Waals surface area contributed by atoms with E-state index in [0.29, 0.717) is 5.56 Å². The smallest absolute Gasteiger partial charge is 0.364 e. The summed E-state index contributed by atoms with van der Waals surface area (Å²) in [4.78, 5) is 23.6. The molecule has 9 N–H and O–H groups in total. The predicted molar refractivity (Wildman–Crippen MR) is 166 cm³/mol. The Morgan fingerprint density at radius 1 is 0.711 bits per heavy atom. The number of hydrogen-bond acceptors (Lipinski definition) is 8. The molecule has 45 heavy (non-hydrogen) atoms. The number of benzene rings is 4. The molecule has 0 fully saturated rings. The van der Waals surface area contributed by atoms with Gasteiger partial charge in [-0.2, -0.15) is 0 Å². The average Bonchev–Trinajstić information content (AvgIpc) is 2.93. The van der Waals surface area contributed by atoms with E-state index in [1.54, 1.807) is 24.6 Å². The molecule has 0 atom stereocenters. The Bertz CT molecular complexity index is 2220. The van der Waals surface area contributed by atoms with Crippen LogP contribution in [0.4, 0.5) is 0 Å². The normalized spacial score (nSPS) is 10.8. The largest absolute Gasteiger partial charge is 0.592 e. The van der Waals surface area contributed by atoms with Gasteiger partial charge in [-0.05, 0) is 42.5 Å². The predicted octanol–water partition coefficient (Wildman–Crippen LogP) is 4.66. The molecule has 0 bridgehead atoms. The van der Waals surface area contributed by atoms with Gasteiger partial charge in [0.2, 0.25) is 5.39 Å². The minimum Gasteiger partial charge on any atom is -0.592 e. The van der Waals surface area contributed by atoms with Gasteiger partial charge in [-0.25, -0.2) is 0 Å². The summed E-state index contributed by atoms with van der Waals surface area (Å²) in [5, 5.41) is 59.5. The fourth-order valence-corrected chi connectivity index (χ4v) is 4.65. The third-order valence-corrected chi connectivity index (χ3v) is 6.49. The summed E-state index contributed by atoms with van der Waals surface area (Å²) in [5.74, 6) is -1.49. The van der Waals surface area contributed by atoms with Crippen molar-refractivity contribution < 1.29 is 65.5 Å². The zero-order valence-electron chi connectivity index (χ0n) is 23.5. The van der Waals surface area contributed by atoms with Crippen molar-refractivity contribution in [1.29, 1.82) is 0 Å². The number of phenols is 5. The van der Waals surface area contributed by atoms with Gasteiger partial charge in [-0.1, -0.05) is 0 Å². The quantitative estimate of drug-likeness (QED) is 0.131. The third-order valence-electron chi connectivity index (χ3n) is 6.49.